The largest absolute Gasteiger partial charge is 0.372 e. The Kier molecular flexibility index (Phi) is 8.22. The molecule has 0 fully saturated rings. The van der Waals surface area contributed by atoms with E-state index in [4.69, 9.17) is 0 Å². The fourth-order valence-corrected chi connectivity index (χ4v) is 3.30. The van der Waals surface area contributed by atoms with Crippen molar-refractivity contribution in [2.24, 2.45) is 5.10 Å². The molecule has 2 aromatic carbocycles. The van der Waals surface area contributed by atoms with Gasteiger partial charge in [0.15, 0.2) is 0 Å². The van der Waals surface area contributed by atoms with Gasteiger partial charge in [0.2, 0.25) is 5.91 Å². The minimum atomic E-state index is -0.0851. The Morgan fingerprint density at radius 3 is 2.35 bits per heavy atom. The Labute approximate surface area is 160 Å². The van der Waals surface area contributed by atoms with Crippen LogP contribution in [0.2, 0.25) is 0 Å². The molecule has 0 aliphatic carbocycles. The van der Waals surface area contributed by atoms with Crippen molar-refractivity contribution >= 4 is 29.6 Å². The minimum absolute atomic E-state index is 0.0851. The molecule has 2 rings (SSSR count). The number of nitrogens with zero attached hydrogens (tertiary/aromatic N) is 2. The number of nitrogens with one attached hydrogen (secondary N) is 1. The van der Waals surface area contributed by atoms with Crippen LogP contribution in [0, 0.1) is 6.92 Å². The van der Waals surface area contributed by atoms with E-state index in [1.807, 2.05) is 12.1 Å². The molecule has 0 aliphatic heterocycles. The summed E-state index contributed by atoms with van der Waals surface area (Å²) in [5, 5.41) is 4.04. The number of hydrogen-bond donors (Lipinski definition) is 1. The zero-order valence-electron chi connectivity index (χ0n) is 15.7. The van der Waals surface area contributed by atoms with Gasteiger partial charge in [-0.15, -0.1) is 11.8 Å². The molecule has 138 valence electrons. The van der Waals surface area contributed by atoms with Gasteiger partial charge >= 0.3 is 0 Å². The molecule has 0 unspecified atom stereocenters. The standard InChI is InChI=1S/C21H27N3OS/c1-4-24(5-2)20-12-10-18(11-13-20)14-22-23-21(25)16-26-15-19-8-6-17(3)7-9-19/h6-14H,4-5,15-16H2,1-3H3,(H,23,25)/b22-14-. The van der Waals surface area contributed by atoms with Gasteiger partial charge in [-0.2, -0.15) is 5.10 Å². The molecule has 0 aromatic heterocycles. The van der Waals surface area contributed by atoms with Crippen molar-refractivity contribution in [1.82, 2.24) is 5.43 Å². The first-order valence-electron chi connectivity index (χ1n) is 8.92. The SMILES string of the molecule is CCN(CC)c1ccc(/C=N\NC(=O)CSCc2ccc(C)cc2)cc1. The molecule has 0 bridgehead atoms. The lowest BCUT2D eigenvalue weighted by Crippen LogP contribution is -2.21. The molecular formula is C21H27N3OS. The first kappa shape index (κ1) is 20.0. The Balaban J connectivity index is 1.73. The normalized spacial score (nSPS) is 10.9. The second-order valence-electron chi connectivity index (χ2n) is 6.04. The number of benzene rings is 2. The molecule has 0 heterocycles. The predicted molar refractivity (Wildman–Crippen MR) is 113 cm³/mol. The van der Waals surface area contributed by atoms with E-state index >= 15 is 0 Å². The van der Waals surface area contributed by atoms with Crippen LogP contribution >= 0.6 is 11.8 Å². The molecule has 0 spiro atoms. The summed E-state index contributed by atoms with van der Waals surface area (Å²) in [6, 6.07) is 16.5. The number of carbonyl (C=O) groups is 1. The molecule has 0 aliphatic rings. The van der Waals surface area contributed by atoms with Gasteiger partial charge in [0.05, 0.1) is 12.0 Å². The van der Waals surface area contributed by atoms with Crippen molar-refractivity contribution in [1.29, 1.82) is 0 Å². The van der Waals surface area contributed by atoms with Crippen molar-refractivity contribution in [2.75, 3.05) is 23.7 Å². The van der Waals surface area contributed by atoms with Gasteiger partial charge in [-0.3, -0.25) is 4.79 Å². The Morgan fingerprint density at radius 1 is 1.08 bits per heavy atom. The van der Waals surface area contributed by atoms with Crippen molar-refractivity contribution in [2.45, 2.75) is 26.5 Å². The lowest BCUT2D eigenvalue weighted by molar-refractivity contribution is -0.118. The molecule has 0 atom stereocenters. The van der Waals surface area contributed by atoms with Crippen LogP contribution in [-0.4, -0.2) is 31.0 Å². The highest BCUT2D eigenvalue weighted by atomic mass is 32.2. The van der Waals surface area contributed by atoms with Gasteiger partial charge in [0.25, 0.3) is 0 Å². The van der Waals surface area contributed by atoms with Gasteiger partial charge in [-0.25, -0.2) is 5.43 Å². The van der Waals surface area contributed by atoms with E-state index in [2.05, 4.69) is 72.6 Å². The summed E-state index contributed by atoms with van der Waals surface area (Å²) < 4.78 is 0. The first-order valence-corrected chi connectivity index (χ1v) is 10.1. The van der Waals surface area contributed by atoms with Crippen molar-refractivity contribution in [3.63, 3.8) is 0 Å². The third-order valence-electron chi connectivity index (χ3n) is 4.05. The molecule has 4 nitrogen and oxygen atoms in total. The van der Waals surface area contributed by atoms with Crippen LogP contribution < -0.4 is 10.3 Å². The zero-order chi connectivity index (χ0) is 18.8. The van der Waals surface area contributed by atoms with Crippen LogP contribution in [-0.2, 0) is 10.5 Å². The fourth-order valence-electron chi connectivity index (χ4n) is 2.52. The highest BCUT2D eigenvalue weighted by molar-refractivity contribution is 7.99. The maximum absolute atomic E-state index is 11.8. The van der Waals surface area contributed by atoms with Crippen molar-refractivity contribution in [3.8, 4) is 0 Å². The number of aryl methyl sites for hydroxylation is 1. The van der Waals surface area contributed by atoms with E-state index in [9.17, 15) is 4.79 Å². The van der Waals surface area contributed by atoms with Crippen LogP contribution in [0.1, 0.15) is 30.5 Å². The quantitative estimate of drug-likeness (QED) is 0.531. The number of anilines is 1. The predicted octanol–water partition coefficient (Wildman–Crippen LogP) is 4.22. The van der Waals surface area contributed by atoms with Gasteiger partial charge in [0, 0.05) is 24.5 Å². The Bertz CT molecular complexity index is 707. The second kappa shape index (κ2) is 10.7. The van der Waals surface area contributed by atoms with Gasteiger partial charge in [0.1, 0.15) is 0 Å². The Hall–Kier alpha value is -2.27. The molecule has 1 N–H and O–H groups in total. The number of rotatable bonds is 9. The molecular weight excluding hydrogens is 342 g/mol. The number of amides is 1. The molecule has 0 saturated heterocycles. The lowest BCUT2D eigenvalue weighted by Gasteiger charge is -2.20. The minimum Gasteiger partial charge on any atom is -0.372 e. The molecule has 5 heteroatoms. The van der Waals surface area contributed by atoms with E-state index in [1.54, 1.807) is 18.0 Å². The summed E-state index contributed by atoms with van der Waals surface area (Å²) in [7, 11) is 0. The maximum Gasteiger partial charge on any atom is 0.250 e. The zero-order valence-corrected chi connectivity index (χ0v) is 16.6. The number of hydrazone groups is 1. The maximum atomic E-state index is 11.8. The highest BCUT2D eigenvalue weighted by Gasteiger charge is 2.02. The van der Waals surface area contributed by atoms with Crippen LogP contribution in [0.4, 0.5) is 5.69 Å². The summed E-state index contributed by atoms with van der Waals surface area (Å²) in [5.41, 5.74) is 7.22. The molecule has 0 radical (unpaired) electrons. The van der Waals surface area contributed by atoms with Crippen molar-refractivity contribution < 1.29 is 4.79 Å². The van der Waals surface area contributed by atoms with Crippen LogP contribution in [0.3, 0.4) is 0 Å². The number of hydrogen-bond acceptors (Lipinski definition) is 4. The monoisotopic (exact) mass is 369 g/mol. The van der Waals surface area contributed by atoms with E-state index in [1.165, 1.54) is 16.8 Å². The summed E-state index contributed by atoms with van der Waals surface area (Å²) >= 11 is 1.59. The van der Waals surface area contributed by atoms with Gasteiger partial charge < -0.3 is 4.90 Å². The Morgan fingerprint density at radius 2 is 1.73 bits per heavy atom. The van der Waals surface area contributed by atoms with Crippen LogP contribution in [0.15, 0.2) is 53.6 Å². The topological polar surface area (TPSA) is 44.7 Å². The van der Waals surface area contributed by atoms with Crippen LogP contribution in [0.25, 0.3) is 0 Å². The molecule has 0 saturated carbocycles. The summed E-state index contributed by atoms with van der Waals surface area (Å²) in [5.74, 6) is 1.13. The summed E-state index contributed by atoms with van der Waals surface area (Å²) in [6.45, 7) is 8.33. The van der Waals surface area contributed by atoms with E-state index in [0.29, 0.717) is 5.75 Å². The van der Waals surface area contributed by atoms with Gasteiger partial charge in [-0.05, 0) is 44.0 Å². The van der Waals surface area contributed by atoms with Crippen molar-refractivity contribution in [3.05, 3.63) is 65.2 Å². The first-order chi connectivity index (χ1) is 12.6. The summed E-state index contributed by atoms with van der Waals surface area (Å²) in [4.78, 5) is 14.1. The summed E-state index contributed by atoms with van der Waals surface area (Å²) in [6.07, 6.45) is 1.68. The van der Waals surface area contributed by atoms with Gasteiger partial charge in [-0.1, -0.05) is 42.0 Å². The smallest absolute Gasteiger partial charge is 0.250 e. The van der Waals surface area contributed by atoms with E-state index < -0.39 is 0 Å². The molecule has 2 aromatic rings. The van der Waals surface area contributed by atoms with Crippen LogP contribution in [0.5, 0.6) is 0 Å². The molecule has 1 amide bonds. The third-order valence-corrected chi connectivity index (χ3v) is 5.05. The third kappa shape index (κ3) is 6.56. The average molecular weight is 370 g/mol. The van der Waals surface area contributed by atoms with E-state index in [-0.39, 0.29) is 5.91 Å². The average Bonchev–Trinajstić information content (AvgIpc) is 2.65. The lowest BCUT2D eigenvalue weighted by atomic mass is 10.2. The highest BCUT2D eigenvalue weighted by Crippen LogP contribution is 2.14. The second-order valence-corrected chi connectivity index (χ2v) is 7.02. The fraction of sp³-hybridized carbons (Fsp3) is 0.333. The number of thioether (sulfide) groups is 1. The number of carbonyl (C=O) groups excluding carboxylic acids is 1. The van der Waals surface area contributed by atoms with E-state index in [0.717, 1.165) is 24.4 Å². The molecule has 26 heavy (non-hydrogen) atoms.